The zero-order chi connectivity index (χ0) is 16.9. The fourth-order valence-electron chi connectivity index (χ4n) is 5.78. The van der Waals surface area contributed by atoms with Crippen molar-refractivity contribution in [1.82, 2.24) is 4.90 Å². The van der Waals surface area contributed by atoms with Gasteiger partial charge in [0.05, 0.1) is 18.1 Å². The molecule has 0 amide bonds. The topological polar surface area (TPSA) is 90.2 Å². The van der Waals surface area contributed by atoms with Crippen LogP contribution in [0.5, 0.6) is 5.75 Å². The van der Waals surface area contributed by atoms with E-state index in [0.717, 1.165) is 17.7 Å². The fourth-order valence-corrected chi connectivity index (χ4v) is 5.78. The van der Waals surface area contributed by atoms with Gasteiger partial charge in [-0.25, -0.2) is 0 Å². The molecule has 1 unspecified atom stereocenters. The summed E-state index contributed by atoms with van der Waals surface area (Å²) in [6.07, 6.45) is -0.813. The molecule has 0 radical (unpaired) electrons. The summed E-state index contributed by atoms with van der Waals surface area (Å²) in [5.74, 6) is 0.382. The molecule has 5 rings (SSSR count). The van der Waals surface area contributed by atoms with Gasteiger partial charge >= 0.3 is 0 Å². The van der Waals surface area contributed by atoms with E-state index in [1.165, 1.54) is 0 Å². The number of rotatable bonds is 1. The first kappa shape index (κ1) is 14.8. The minimum atomic E-state index is -1.41. The van der Waals surface area contributed by atoms with Crippen LogP contribution in [0, 0.1) is 0 Å². The Bertz CT molecular complexity index is 764. The van der Waals surface area contributed by atoms with Crippen LogP contribution in [-0.2, 0) is 23.2 Å². The quantitative estimate of drug-likeness (QED) is 0.643. The average molecular weight is 331 g/mol. The van der Waals surface area contributed by atoms with Crippen molar-refractivity contribution < 1.29 is 24.9 Å². The van der Waals surface area contributed by atoms with Crippen LogP contribution in [0.25, 0.3) is 0 Å². The second-order valence-corrected chi connectivity index (χ2v) is 7.68. The van der Waals surface area contributed by atoms with E-state index in [1.807, 2.05) is 19.2 Å². The fraction of sp³-hybridized carbons (Fsp3) is 0.611. The van der Waals surface area contributed by atoms with E-state index in [2.05, 4.69) is 4.90 Å². The summed E-state index contributed by atoms with van der Waals surface area (Å²) in [5, 5.41) is 32.2. The summed E-state index contributed by atoms with van der Waals surface area (Å²) in [6, 6.07) is 3.55. The van der Waals surface area contributed by atoms with E-state index in [1.54, 1.807) is 0 Å². The molecular formula is C18H21NO5. The molecule has 0 aromatic heterocycles. The Morgan fingerprint density at radius 2 is 2.17 bits per heavy atom. The Balaban J connectivity index is 1.87. The first-order valence-electron chi connectivity index (χ1n) is 8.51. The lowest BCUT2D eigenvalue weighted by Gasteiger charge is -2.63. The Labute approximate surface area is 139 Å². The average Bonchev–Trinajstić information content (AvgIpc) is 2.91. The first-order valence-corrected chi connectivity index (χ1v) is 8.51. The van der Waals surface area contributed by atoms with Crippen molar-refractivity contribution in [3.63, 3.8) is 0 Å². The van der Waals surface area contributed by atoms with Crippen molar-refractivity contribution in [2.45, 2.75) is 55.1 Å². The van der Waals surface area contributed by atoms with Crippen LogP contribution in [0.1, 0.15) is 29.5 Å². The molecule has 24 heavy (non-hydrogen) atoms. The van der Waals surface area contributed by atoms with Crippen LogP contribution < -0.4 is 4.74 Å². The number of carbonyl (C=O) groups is 1. The third-order valence-electron chi connectivity index (χ3n) is 6.85. The predicted molar refractivity (Wildman–Crippen MR) is 83.8 cm³/mol. The van der Waals surface area contributed by atoms with Crippen molar-refractivity contribution in [3.05, 3.63) is 28.8 Å². The Hall–Kier alpha value is -1.47. The van der Waals surface area contributed by atoms with Crippen LogP contribution in [0.15, 0.2) is 12.1 Å². The number of aliphatic hydroxyl groups excluding tert-OH is 2. The highest BCUT2D eigenvalue weighted by molar-refractivity contribution is 5.90. The van der Waals surface area contributed by atoms with Gasteiger partial charge in [-0.2, -0.15) is 0 Å². The van der Waals surface area contributed by atoms with Gasteiger partial charge in [-0.05, 0) is 32.0 Å². The second kappa shape index (κ2) is 4.38. The number of aliphatic hydroxyl groups is 3. The smallest absolute Gasteiger partial charge is 0.177 e. The third kappa shape index (κ3) is 1.34. The molecule has 2 bridgehead atoms. The summed E-state index contributed by atoms with van der Waals surface area (Å²) in [5.41, 5.74) is 0.211. The standard InChI is InChI=1S/C18H21NO5/c1-19-5-4-17-14-9-2-3-10(8-20)15(14)24-16(17)11(21)7-13(22)18(17,23)12(19)6-9/h2-3,12-13,16,20,22-23H,4-8H2,1H3/t12?,13-,16+,17+,18+/m1/s1. The van der Waals surface area contributed by atoms with E-state index in [-0.39, 0.29) is 24.9 Å². The highest BCUT2D eigenvalue weighted by atomic mass is 16.5. The van der Waals surface area contributed by atoms with E-state index in [4.69, 9.17) is 4.74 Å². The van der Waals surface area contributed by atoms with Crippen molar-refractivity contribution in [2.24, 2.45) is 0 Å². The Kier molecular flexibility index (Phi) is 2.71. The molecule has 1 aromatic rings. The molecule has 2 aliphatic heterocycles. The minimum absolute atomic E-state index is 0.0922. The van der Waals surface area contributed by atoms with Gasteiger partial charge in [-0.15, -0.1) is 0 Å². The predicted octanol–water partition coefficient (Wildman–Crippen LogP) is -0.497. The largest absolute Gasteiger partial charge is 0.481 e. The molecule has 2 heterocycles. The molecule has 1 saturated heterocycles. The molecular weight excluding hydrogens is 310 g/mol. The molecule has 1 aromatic carbocycles. The van der Waals surface area contributed by atoms with Gasteiger partial charge in [0.15, 0.2) is 11.9 Å². The normalized spacial score (nSPS) is 42.7. The second-order valence-electron chi connectivity index (χ2n) is 7.68. The summed E-state index contributed by atoms with van der Waals surface area (Å²) in [7, 11) is 1.96. The molecule has 1 spiro atoms. The molecule has 2 fully saturated rings. The molecule has 1 saturated carbocycles. The molecule has 3 N–H and O–H groups in total. The number of carbonyl (C=O) groups excluding carboxylic acids is 1. The van der Waals surface area contributed by atoms with Gasteiger partial charge in [-0.1, -0.05) is 12.1 Å². The van der Waals surface area contributed by atoms with Crippen LogP contribution in [-0.4, -0.2) is 63.4 Å². The first-order chi connectivity index (χ1) is 11.4. The van der Waals surface area contributed by atoms with Crippen LogP contribution >= 0.6 is 0 Å². The Morgan fingerprint density at radius 3 is 2.92 bits per heavy atom. The molecule has 6 heteroatoms. The van der Waals surface area contributed by atoms with Crippen molar-refractivity contribution in [1.29, 1.82) is 0 Å². The van der Waals surface area contributed by atoms with E-state index in [9.17, 15) is 20.1 Å². The summed E-state index contributed by atoms with van der Waals surface area (Å²) < 4.78 is 6.06. The van der Waals surface area contributed by atoms with E-state index < -0.39 is 23.2 Å². The molecule has 6 nitrogen and oxygen atoms in total. The zero-order valence-electron chi connectivity index (χ0n) is 13.5. The summed E-state index contributed by atoms with van der Waals surface area (Å²) in [4.78, 5) is 14.8. The maximum absolute atomic E-state index is 12.7. The number of piperidine rings is 1. The van der Waals surface area contributed by atoms with Crippen LogP contribution in [0.3, 0.4) is 0 Å². The maximum Gasteiger partial charge on any atom is 0.177 e. The molecule has 2 aliphatic carbocycles. The number of benzene rings is 1. The van der Waals surface area contributed by atoms with Crippen LogP contribution in [0.2, 0.25) is 0 Å². The number of Topliss-reactive ketones (excluding diaryl/α,β-unsaturated/α-hetero) is 1. The van der Waals surface area contributed by atoms with E-state index >= 15 is 0 Å². The summed E-state index contributed by atoms with van der Waals surface area (Å²) in [6.45, 7) is 0.555. The van der Waals surface area contributed by atoms with Gasteiger partial charge in [0.1, 0.15) is 11.4 Å². The Morgan fingerprint density at radius 1 is 1.38 bits per heavy atom. The molecule has 4 aliphatic rings. The van der Waals surface area contributed by atoms with Crippen molar-refractivity contribution >= 4 is 5.78 Å². The van der Waals surface area contributed by atoms with E-state index in [0.29, 0.717) is 24.2 Å². The lowest BCUT2D eigenvalue weighted by atomic mass is 9.48. The highest BCUT2D eigenvalue weighted by Gasteiger charge is 2.75. The SMILES string of the molecule is CN1CC[C@]23c4c5ccc(CO)c4O[C@H]2C(=O)C[C@@H](O)[C@@]3(O)C1C5. The molecule has 128 valence electrons. The number of likely N-dealkylation sites (tertiary alicyclic amines) is 1. The lowest BCUT2D eigenvalue weighted by Crippen LogP contribution is -2.80. The summed E-state index contributed by atoms with van der Waals surface area (Å²) >= 11 is 0. The molecule has 5 atom stereocenters. The maximum atomic E-state index is 12.7. The zero-order valence-corrected chi connectivity index (χ0v) is 13.5. The number of hydrogen-bond acceptors (Lipinski definition) is 6. The monoisotopic (exact) mass is 331 g/mol. The van der Waals surface area contributed by atoms with Gasteiger partial charge in [-0.3, -0.25) is 4.79 Å². The third-order valence-corrected chi connectivity index (χ3v) is 6.85. The van der Waals surface area contributed by atoms with Gasteiger partial charge < -0.3 is 25.0 Å². The number of nitrogens with zero attached hydrogens (tertiary/aromatic N) is 1. The van der Waals surface area contributed by atoms with Gasteiger partial charge in [0, 0.05) is 23.6 Å². The lowest BCUT2D eigenvalue weighted by molar-refractivity contribution is -0.226. The number of ketones is 1. The van der Waals surface area contributed by atoms with Crippen LogP contribution in [0.4, 0.5) is 0 Å². The van der Waals surface area contributed by atoms with Crippen molar-refractivity contribution in [2.75, 3.05) is 13.6 Å². The minimum Gasteiger partial charge on any atom is -0.481 e. The van der Waals surface area contributed by atoms with Gasteiger partial charge in [0.2, 0.25) is 0 Å². The number of likely N-dealkylation sites (N-methyl/N-ethyl adjacent to an activating group) is 1. The highest BCUT2D eigenvalue weighted by Crippen LogP contribution is 2.63. The number of ether oxygens (including phenoxy) is 1. The van der Waals surface area contributed by atoms with Gasteiger partial charge in [0.25, 0.3) is 0 Å². The number of hydrogen-bond donors (Lipinski definition) is 3. The van der Waals surface area contributed by atoms with Crippen molar-refractivity contribution in [3.8, 4) is 5.75 Å².